The number of ether oxygens (including phenoxy) is 1. The Morgan fingerprint density at radius 3 is 2.46 bits per heavy atom. The molecule has 2 aromatic carbocycles. The molecule has 0 atom stereocenters. The molecule has 0 bridgehead atoms. The lowest BCUT2D eigenvalue weighted by atomic mass is 10.1. The van der Waals surface area contributed by atoms with E-state index in [1.807, 2.05) is 48.5 Å². The average Bonchev–Trinajstić information content (AvgIpc) is 3.14. The summed E-state index contributed by atoms with van der Waals surface area (Å²) in [6.07, 6.45) is 1.33. The fourth-order valence-corrected chi connectivity index (χ4v) is 4.02. The van der Waals surface area contributed by atoms with Gasteiger partial charge in [0.25, 0.3) is 0 Å². The Morgan fingerprint density at radius 2 is 1.82 bits per heavy atom. The maximum Gasteiger partial charge on any atom is 0.191 e. The van der Waals surface area contributed by atoms with E-state index in [2.05, 4.69) is 37.6 Å². The topological polar surface area (TPSA) is 57.0 Å². The molecule has 0 amide bonds. The minimum absolute atomic E-state index is 0.170. The highest BCUT2D eigenvalue weighted by molar-refractivity contribution is 9.10. The minimum Gasteiger partial charge on any atom is -0.497 e. The Bertz CT molecular complexity index is 924. The van der Waals surface area contributed by atoms with Gasteiger partial charge in [-0.15, -0.1) is 10.2 Å². The predicted octanol–water partition coefficient (Wildman–Crippen LogP) is 5.49. The van der Waals surface area contributed by atoms with Crippen LogP contribution in [0.5, 0.6) is 5.75 Å². The highest BCUT2D eigenvalue weighted by Crippen LogP contribution is 2.26. The van der Waals surface area contributed by atoms with Crippen LogP contribution in [0.3, 0.4) is 0 Å². The summed E-state index contributed by atoms with van der Waals surface area (Å²) >= 11 is 5.03. The fourth-order valence-electron chi connectivity index (χ4n) is 2.81. The zero-order chi connectivity index (χ0) is 19.9. The van der Waals surface area contributed by atoms with Gasteiger partial charge in [-0.25, -0.2) is 0 Å². The first kappa shape index (κ1) is 20.6. The molecule has 7 heteroatoms. The molecule has 0 unspecified atom stereocenters. The second-order valence-electron chi connectivity index (χ2n) is 6.16. The number of halogens is 1. The van der Waals surface area contributed by atoms with Gasteiger partial charge in [0.05, 0.1) is 7.11 Å². The van der Waals surface area contributed by atoms with E-state index in [0.29, 0.717) is 6.42 Å². The molecule has 3 aromatic rings. The zero-order valence-electron chi connectivity index (χ0n) is 15.9. The molecule has 0 fully saturated rings. The van der Waals surface area contributed by atoms with Crippen molar-refractivity contribution in [2.75, 3.05) is 12.9 Å². The normalized spacial score (nSPS) is 10.8. The van der Waals surface area contributed by atoms with E-state index >= 15 is 0 Å². The van der Waals surface area contributed by atoms with Crippen molar-refractivity contribution in [1.82, 2.24) is 14.8 Å². The van der Waals surface area contributed by atoms with Gasteiger partial charge in [0.15, 0.2) is 16.8 Å². The summed E-state index contributed by atoms with van der Waals surface area (Å²) in [5.41, 5.74) is 1.76. The SMILES string of the molecule is CCn1c(SCCCC(=O)c2ccc(Br)cc2)nnc1-c1ccc(OC)cc1. The van der Waals surface area contributed by atoms with Crippen molar-refractivity contribution < 1.29 is 9.53 Å². The molecule has 0 saturated heterocycles. The number of hydrogen-bond acceptors (Lipinski definition) is 5. The summed E-state index contributed by atoms with van der Waals surface area (Å²) < 4.78 is 8.29. The molecular formula is C21H22BrN3O2S. The number of hydrogen-bond donors (Lipinski definition) is 0. The largest absolute Gasteiger partial charge is 0.497 e. The lowest BCUT2D eigenvalue weighted by Gasteiger charge is -2.08. The number of aromatic nitrogens is 3. The van der Waals surface area contributed by atoms with Crippen LogP contribution < -0.4 is 4.74 Å². The Labute approximate surface area is 177 Å². The predicted molar refractivity (Wildman–Crippen MR) is 116 cm³/mol. The molecule has 28 heavy (non-hydrogen) atoms. The third kappa shape index (κ3) is 5.02. The van der Waals surface area contributed by atoms with Gasteiger partial charge in [-0.05, 0) is 49.7 Å². The van der Waals surface area contributed by atoms with Crippen LogP contribution in [-0.2, 0) is 6.54 Å². The summed E-state index contributed by atoms with van der Waals surface area (Å²) in [6, 6.07) is 15.3. The van der Waals surface area contributed by atoms with Gasteiger partial charge >= 0.3 is 0 Å². The van der Waals surface area contributed by atoms with Crippen LogP contribution in [0.25, 0.3) is 11.4 Å². The first-order chi connectivity index (χ1) is 13.6. The maximum absolute atomic E-state index is 12.3. The molecule has 0 saturated carbocycles. The number of thioether (sulfide) groups is 1. The lowest BCUT2D eigenvalue weighted by Crippen LogP contribution is -2.02. The van der Waals surface area contributed by atoms with Gasteiger partial charge in [-0.3, -0.25) is 4.79 Å². The molecule has 0 spiro atoms. The molecule has 0 aliphatic rings. The van der Waals surface area contributed by atoms with Gasteiger partial charge in [0.1, 0.15) is 5.75 Å². The molecule has 1 aromatic heterocycles. The van der Waals surface area contributed by atoms with Crippen molar-refractivity contribution in [3.63, 3.8) is 0 Å². The Balaban J connectivity index is 1.58. The van der Waals surface area contributed by atoms with Gasteiger partial charge in [0, 0.05) is 34.3 Å². The van der Waals surface area contributed by atoms with Crippen LogP contribution in [-0.4, -0.2) is 33.4 Å². The monoisotopic (exact) mass is 459 g/mol. The van der Waals surface area contributed by atoms with Crippen LogP contribution in [0.2, 0.25) is 0 Å². The van der Waals surface area contributed by atoms with Crippen molar-refractivity contribution in [3.8, 4) is 17.1 Å². The number of methoxy groups -OCH3 is 1. The van der Waals surface area contributed by atoms with Crippen LogP contribution in [0, 0.1) is 0 Å². The van der Waals surface area contributed by atoms with E-state index in [1.54, 1.807) is 18.9 Å². The van der Waals surface area contributed by atoms with Crippen LogP contribution >= 0.6 is 27.7 Å². The molecule has 0 aliphatic carbocycles. The van der Waals surface area contributed by atoms with Crippen LogP contribution in [0.1, 0.15) is 30.1 Å². The summed E-state index contributed by atoms with van der Waals surface area (Å²) in [7, 11) is 1.65. The Kier molecular flexibility index (Phi) is 7.28. The average molecular weight is 460 g/mol. The van der Waals surface area contributed by atoms with Gasteiger partial charge in [-0.1, -0.05) is 39.8 Å². The minimum atomic E-state index is 0.170. The molecular weight excluding hydrogens is 438 g/mol. The number of carbonyl (C=O) groups excluding carboxylic acids is 1. The van der Waals surface area contributed by atoms with Crippen molar-refractivity contribution in [3.05, 3.63) is 58.6 Å². The molecule has 5 nitrogen and oxygen atoms in total. The quantitative estimate of drug-likeness (QED) is 0.240. The van der Waals surface area contributed by atoms with Gasteiger partial charge < -0.3 is 9.30 Å². The van der Waals surface area contributed by atoms with Crippen LogP contribution in [0.15, 0.2) is 58.2 Å². The van der Waals surface area contributed by atoms with E-state index in [-0.39, 0.29) is 5.78 Å². The Hall–Kier alpha value is -2.12. The molecule has 0 aliphatic heterocycles. The standard InChI is InChI=1S/C21H22BrN3O2S/c1-3-25-20(16-8-12-18(27-2)13-9-16)23-24-21(25)28-14-4-5-19(26)15-6-10-17(22)11-7-15/h6-13H,3-5,14H2,1-2H3. The number of ketones is 1. The number of Topliss-reactive ketones (excluding diaryl/α,β-unsaturated/α-hetero) is 1. The first-order valence-electron chi connectivity index (χ1n) is 9.11. The number of nitrogens with zero attached hydrogens (tertiary/aromatic N) is 3. The fraction of sp³-hybridized carbons (Fsp3) is 0.286. The highest BCUT2D eigenvalue weighted by atomic mass is 79.9. The third-order valence-electron chi connectivity index (χ3n) is 4.33. The van der Waals surface area contributed by atoms with E-state index < -0.39 is 0 Å². The number of rotatable bonds is 9. The lowest BCUT2D eigenvalue weighted by molar-refractivity contribution is 0.0982. The highest BCUT2D eigenvalue weighted by Gasteiger charge is 2.13. The van der Waals surface area contributed by atoms with E-state index in [1.165, 1.54) is 0 Å². The van der Waals surface area contributed by atoms with Gasteiger partial charge in [0.2, 0.25) is 0 Å². The maximum atomic E-state index is 12.3. The van der Waals surface area contributed by atoms with E-state index in [4.69, 9.17) is 4.74 Å². The molecule has 1 heterocycles. The molecule has 0 N–H and O–H groups in total. The summed E-state index contributed by atoms with van der Waals surface area (Å²) in [5, 5.41) is 9.59. The van der Waals surface area contributed by atoms with E-state index in [9.17, 15) is 4.79 Å². The van der Waals surface area contributed by atoms with E-state index in [0.717, 1.165) is 51.0 Å². The number of benzene rings is 2. The first-order valence-corrected chi connectivity index (χ1v) is 10.9. The number of carbonyl (C=O) groups is 1. The van der Waals surface area contributed by atoms with Crippen molar-refractivity contribution in [2.45, 2.75) is 31.5 Å². The summed E-state index contributed by atoms with van der Waals surface area (Å²) in [4.78, 5) is 12.3. The second-order valence-corrected chi connectivity index (χ2v) is 8.14. The van der Waals surface area contributed by atoms with Crippen molar-refractivity contribution in [1.29, 1.82) is 0 Å². The van der Waals surface area contributed by atoms with Gasteiger partial charge in [-0.2, -0.15) is 0 Å². The molecule has 0 radical (unpaired) electrons. The second kappa shape index (κ2) is 9.89. The van der Waals surface area contributed by atoms with Crippen molar-refractivity contribution in [2.24, 2.45) is 0 Å². The Morgan fingerprint density at radius 1 is 1.11 bits per heavy atom. The molecule has 146 valence electrons. The summed E-state index contributed by atoms with van der Waals surface area (Å²) in [5.74, 6) is 2.65. The molecule has 3 rings (SSSR count). The third-order valence-corrected chi connectivity index (χ3v) is 5.91. The smallest absolute Gasteiger partial charge is 0.191 e. The van der Waals surface area contributed by atoms with Crippen molar-refractivity contribution >= 4 is 33.5 Å². The van der Waals surface area contributed by atoms with Crippen LogP contribution in [0.4, 0.5) is 0 Å². The zero-order valence-corrected chi connectivity index (χ0v) is 18.3. The summed E-state index contributed by atoms with van der Waals surface area (Å²) in [6.45, 7) is 2.87.